The van der Waals surface area contributed by atoms with Crippen molar-refractivity contribution in [3.63, 3.8) is 0 Å². The van der Waals surface area contributed by atoms with E-state index < -0.39 is 0 Å². The Balaban J connectivity index is 2.19. The summed E-state index contributed by atoms with van der Waals surface area (Å²) in [5.74, 6) is 0. The lowest BCUT2D eigenvalue weighted by Crippen LogP contribution is -2.01. The van der Waals surface area contributed by atoms with E-state index in [1.54, 1.807) is 18.7 Å². The zero-order valence-electron chi connectivity index (χ0n) is 8.56. The molecule has 0 aliphatic heterocycles. The van der Waals surface area contributed by atoms with Crippen LogP contribution in [0.1, 0.15) is 0 Å². The monoisotopic (exact) mass is 210 g/mol. The molecule has 78 valence electrons. The molecule has 2 aromatic heterocycles. The highest BCUT2D eigenvalue weighted by atomic mass is 15.3. The molecule has 0 spiro atoms. The van der Waals surface area contributed by atoms with Crippen molar-refractivity contribution in [3.05, 3.63) is 61.4 Å². The van der Waals surface area contributed by atoms with Gasteiger partial charge in [-0.3, -0.25) is 0 Å². The van der Waals surface area contributed by atoms with E-state index in [0.29, 0.717) is 0 Å². The highest BCUT2D eigenvalue weighted by Crippen LogP contribution is 2.17. The van der Waals surface area contributed by atoms with Crippen LogP contribution in [0.15, 0.2) is 61.4 Å². The van der Waals surface area contributed by atoms with Gasteiger partial charge in [0.15, 0.2) is 0 Å². The van der Waals surface area contributed by atoms with Gasteiger partial charge in [-0.25, -0.2) is 9.67 Å². The van der Waals surface area contributed by atoms with Crippen LogP contribution >= 0.6 is 0 Å². The molecule has 2 heterocycles. The van der Waals surface area contributed by atoms with Gasteiger partial charge in [0, 0.05) is 24.8 Å². The van der Waals surface area contributed by atoms with E-state index in [0.717, 1.165) is 11.4 Å². The van der Waals surface area contributed by atoms with Crippen LogP contribution in [-0.2, 0) is 0 Å². The SMILES string of the molecule is c1ccc(-n2cccn2)c(-n2ccnc2)c1. The molecule has 0 aliphatic carbocycles. The van der Waals surface area contributed by atoms with Crippen LogP contribution in [0.4, 0.5) is 0 Å². The van der Waals surface area contributed by atoms with E-state index in [2.05, 4.69) is 10.1 Å². The molecular weight excluding hydrogens is 200 g/mol. The van der Waals surface area contributed by atoms with Crippen molar-refractivity contribution in [1.82, 2.24) is 19.3 Å². The Kier molecular flexibility index (Phi) is 2.04. The topological polar surface area (TPSA) is 35.6 Å². The summed E-state index contributed by atoms with van der Waals surface area (Å²) in [4.78, 5) is 4.05. The smallest absolute Gasteiger partial charge is 0.0992 e. The third kappa shape index (κ3) is 1.40. The van der Waals surface area contributed by atoms with E-state index in [1.165, 1.54) is 0 Å². The van der Waals surface area contributed by atoms with Crippen molar-refractivity contribution in [2.45, 2.75) is 0 Å². The Labute approximate surface area is 92.8 Å². The summed E-state index contributed by atoms with van der Waals surface area (Å²) in [6, 6.07) is 9.98. The van der Waals surface area contributed by atoms with Crippen LogP contribution in [0.5, 0.6) is 0 Å². The lowest BCUT2D eigenvalue weighted by atomic mass is 10.2. The van der Waals surface area contributed by atoms with Crippen molar-refractivity contribution < 1.29 is 0 Å². The van der Waals surface area contributed by atoms with Crippen LogP contribution in [0.25, 0.3) is 11.4 Å². The van der Waals surface area contributed by atoms with Crippen molar-refractivity contribution in [1.29, 1.82) is 0 Å². The second kappa shape index (κ2) is 3.66. The van der Waals surface area contributed by atoms with Gasteiger partial charge in [0.2, 0.25) is 0 Å². The second-order valence-electron chi connectivity index (χ2n) is 3.41. The number of hydrogen-bond donors (Lipinski definition) is 0. The summed E-state index contributed by atoms with van der Waals surface area (Å²) in [5.41, 5.74) is 2.09. The van der Waals surface area contributed by atoms with Crippen molar-refractivity contribution >= 4 is 0 Å². The fourth-order valence-electron chi connectivity index (χ4n) is 1.69. The molecular formula is C12H10N4. The Hall–Kier alpha value is -2.36. The number of imidazole rings is 1. The van der Waals surface area contributed by atoms with Crippen LogP contribution in [0, 0.1) is 0 Å². The van der Waals surface area contributed by atoms with Gasteiger partial charge >= 0.3 is 0 Å². The number of aromatic nitrogens is 4. The minimum atomic E-state index is 1.03. The Bertz CT molecular complexity index is 514. The van der Waals surface area contributed by atoms with Crippen molar-refractivity contribution in [3.8, 4) is 11.4 Å². The zero-order chi connectivity index (χ0) is 10.8. The van der Waals surface area contributed by atoms with Crippen LogP contribution in [0.3, 0.4) is 0 Å². The Morgan fingerprint density at radius 3 is 2.44 bits per heavy atom. The molecule has 4 nitrogen and oxygen atoms in total. The maximum absolute atomic E-state index is 4.24. The highest BCUT2D eigenvalue weighted by molar-refractivity contribution is 5.51. The first kappa shape index (κ1) is 8.91. The summed E-state index contributed by atoms with van der Waals surface area (Å²) in [6.07, 6.45) is 9.16. The molecule has 0 saturated carbocycles. The molecule has 0 saturated heterocycles. The highest BCUT2D eigenvalue weighted by Gasteiger charge is 2.04. The molecule has 4 heteroatoms. The number of nitrogens with zero attached hydrogens (tertiary/aromatic N) is 4. The van der Waals surface area contributed by atoms with Gasteiger partial charge in [-0.2, -0.15) is 5.10 Å². The van der Waals surface area contributed by atoms with Gasteiger partial charge in [0.1, 0.15) is 0 Å². The molecule has 0 unspecified atom stereocenters. The minimum Gasteiger partial charge on any atom is -0.304 e. The molecule has 0 amide bonds. The quantitative estimate of drug-likeness (QED) is 0.649. The number of hydrogen-bond acceptors (Lipinski definition) is 2. The van der Waals surface area contributed by atoms with Gasteiger partial charge in [-0.05, 0) is 18.2 Å². The fraction of sp³-hybridized carbons (Fsp3) is 0. The third-order valence-electron chi connectivity index (χ3n) is 2.42. The molecule has 3 aromatic rings. The van der Waals surface area contributed by atoms with Gasteiger partial charge in [-0.1, -0.05) is 12.1 Å². The molecule has 3 rings (SSSR count). The molecule has 0 bridgehead atoms. The number of rotatable bonds is 2. The fourth-order valence-corrected chi connectivity index (χ4v) is 1.69. The van der Waals surface area contributed by atoms with E-state index in [1.807, 2.05) is 52.0 Å². The number of benzene rings is 1. The molecule has 0 fully saturated rings. The first-order valence-electron chi connectivity index (χ1n) is 5.02. The largest absolute Gasteiger partial charge is 0.304 e. The lowest BCUT2D eigenvalue weighted by Gasteiger charge is -2.09. The standard InChI is InChI=1S/C12H10N4/c1-2-5-12(16-8-3-6-14-16)11(4-1)15-9-7-13-10-15/h1-10H. The summed E-state index contributed by atoms with van der Waals surface area (Å²) in [7, 11) is 0. The minimum absolute atomic E-state index is 1.03. The summed E-state index contributed by atoms with van der Waals surface area (Å²) in [6.45, 7) is 0. The predicted molar refractivity (Wildman–Crippen MR) is 60.7 cm³/mol. The van der Waals surface area contributed by atoms with Crippen molar-refractivity contribution in [2.75, 3.05) is 0 Å². The third-order valence-corrected chi connectivity index (χ3v) is 2.42. The maximum atomic E-state index is 4.24. The lowest BCUT2D eigenvalue weighted by molar-refractivity contribution is 0.863. The first-order chi connectivity index (χ1) is 7.95. The number of para-hydroxylation sites is 2. The molecule has 0 aliphatic rings. The maximum Gasteiger partial charge on any atom is 0.0992 e. The average Bonchev–Trinajstić information content (AvgIpc) is 3.03. The Morgan fingerprint density at radius 1 is 0.875 bits per heavy atom. The van der Waals surface area contributed by atoms with Gasteiger partial charge < -0.3 is 4.57 Å². The van der Waals surface area contributed by atoms with Crippen LogP contribution in [-0.4, -0.2) is 19.3 Å². The molecule has 1 aromatic carbocycles. The van der Waals surface area contributed by atoms with Crippen LogP contribution < -0.4 is 0 Å². The van der Waals surface area contributed by atoms with Crippen molar-refractivity contribution in [2.24, 2.45) is 0 Å². The zero-order valence-corrected chi connectivity index (χ0v) is 8.56. The van der Waals surface area contributed by atoms with E-state index in [9.17, 15) is 0 Å². The van der Waals surface area contributed by atoms with E-state index >= 15 is 0 Å². The second-order valence-corrected chi connectivity index (χ2v) is 3.41. The summed E-state index contributed by atoms with van der Waals surface area (Å²) >= 11 is 0. The van der Waals surface area contributed by atoms with Crippen LogP contribution in [0.2, 0.25) is 0 Å². The molecule has 16 heavy (non-hydrogen) atoms. The average molecular weight is 210 g/mol. The van der Waals surface area contributed by atoms with Gasteiger partial charge in [0.05, 0.1) is 17.7 Å². The molecule has 0 N–H and O–H groups in total. The van der Waals surface area contributed by atoms with E-state index in [-0.39, 0.29) is 0 Å². The van der Waals surface area contributed by atoms with E-state index in [4.69, 9.17) is 0 Å². The normalized spacial score (nSPS) is 10.5. The molecule has 0 radical (unpaired) electrons. The van der Waals surface area contributed by atoms with Gasteiger partial charge in [-0.15, -0.1) is 0 Å². The first-order valence-corrected chi connectivity index (χ1v) is 5.02. The molecule has 0 atom stereocenters. The Morgan fingerprint density at radius 2 is 1.75 bits per heavy atom. The van der Waals surface area contributed by atoms with Gasteiger partial charge in [0.25, 0.3) is 0 Å². The summed E-state index contributed by atoms with van der Waals surface area (Å²) in [5, 5.41) is 4.24. The summed E-state index contributed by atoms with van der Waals surface area (Å²) < 4.78 is 3.81. The predicted octanol–water partition coefficient (Wildman–Crippen LogP) is 2.06.